The number of aliphatic hydroxyl groups is 1. The fraction of sp³-hybridized carbons (Fsp3) is 0.333. The summed E-state index contributed by atoms with van der Waals surface area (Å²) in [6.45, 7) is 0.405. The summed E-state index contributed by atoms with van der Waals surface area (Å²) in [5.41, 5.74) is 0.904. The second kappa shape index (κ2) is 7.00. The second-order valence-electron chi connectivity index (χ2n) is 7.98. The molecule has 0 aromatic heterocycles. The van der Waals surface area contributed by atoms with Crippen LogP contribution in [0.1, 0.15) is 30.9 Å². The lowest BCUT2D eigenvalue weighted by Crippen LogP contribution is -2.49. The van der Waals surface area contributed by atoms with E-state index >= 15 is 0 Å². The van der Waals surface area contributed by atoms with Crippen molar-refractivity contribution in [3.63, 3.8) is 0 Å². The molecule has 9 heteroatoms. The monoisotopic (exact) mass is 431 g/mol. The van der Waals surface area contributed by atoms with Gasteiger partial charge < -0.3 is 15.3 Å². The average molecular weight is 431 g/mol. The van der Waals surface area contributed by atoms with Crippen LogP contribution in [0.2, 0.25) is 0 Å². The third-order valence-corrected chi connectivity index (χ3v) is 7.36. The Labute approximate surface area is 172 Å². The van der Waals surface area contributed by atoms with Gasteiger partial charge in [-0.05, 0) is 42.7 Å². The molecule has 3 unspecified atom stereocenters. The summed E-state index contributed by atoms with van der Waals surface area (Å²) in [4.78, 5) is 14.9. The number of fused-ring (bicyclic) bond motifs is 2. The van der Waals surface area contributed by atoms with Gasteiger partial charge in [0.05, 0.1) is 17.1 Å². The van der Waals surface area contributed by atoms with Gasteiger partial charge in [0, 0.05) is 17.8 Å². The zero-order valence-corrected chi connectivity index (χ0v) is 16.9. The van der Waals surface area contributed by atoms with Crippen molar-refractivity contribution in [2.75, 3.05) is 16.8 Å². The van der Waals surface area contributed by atoms with E-state index in [-0.39, 0.29) is 22.4 Å². The molecular weight excluding hydrogens is 411 g/mol. The van der Waals surface area contributed by atoms with E-state index in [9.17, 15) is 23.1 Å². The van der Waals surface area contributed by atoms with E-state index in [1.165, 1.54) is 35.2 Å². The van der Waals surface area contributed by atoms with Crippen LogP contribution in [0.25, 0.3) is 0 Å². The fourth-order valence-corrected chi connectivity index (χ4v) is 5.40. The van der Waals surface area contributed by atoms with Crippen molar-refractivity contribution in [3.8, 4) is 0 Å². The van der Waals surface area contributed by atoms with Crippen LogP contribution in [0.4, 0.5) is 20.0 Å². The molecule has 0 spiro atoms. The van der Waals surface area contributed by atoms with E-state index in [0.717, 1.165) is 19.3 Å². The van der Waals surface area contributed by atoms with Crippen LogP contribution in [0.5, 0.6) is 0 Å². The van der Waals surface area contributed by atoms with Gasteiger partial charge in [-0.15, -0.1) is 0 Å². The molecule has 2 aromatic carbocycles. The van der Waals surface area contributed by atoms with Gasteiger partial charge >= 0.3 is 7.60 Å². The SMILES string of the molecule is O=C1C(C2=NP(=O)(F)c3ccccc3N2)C(O)c2cc(F)ccc2N1CCC1CC1. The molecule has 1 fully saturated rings. The minimum absolute atomic E-state index is 0.0801. The van der Waals surface area contributed by atoms with Gasteiger partial charge in [0.1, 0.15) is 17.6 Å². The first kappa shape index (κ1) is 19.4. The third kappa shape index (κ3) is 3.24. The first-order valence-electron chi connectivity index (χ1n) is 9.90. The van der Waals surface area contributed by atoms with Gasteiger partial charge in [0.15, 0.2) is 0 Å². The number of carbonyl (C=O) groups is 1. The van der Waals surface area contributed by atoms with Crippen LogP contribution in [0, 0.1) is 17.7 Å². The first-order chi connectivity index (χ1) is 14.3. The van der Waals surface area contributed by atoms with E-state index in [0.29, 0.717) is 18.2 Å². The largest absolute Gasteiger partial charge is 0.387 e. The summed E-state index contributed by atoms with van der Waals surface area (Å²) < 4.78 is 45.1. The Bertz CT molecular complexity index is 1120. The molecule has 3 atom stereocenters. The smallest absolute Gasteiger partial charge is 0.384 e. The van der Waals surface area contributed by atoms with Crippen molar-refractivity contribution in [3.05, 3.63) is 53.8 Å². The third-order valence-electron chi connectivity index (χ3n) is 5.90. The van der Waals surface area contributed by atoms with Crippen molar-refractivity contribution in [1.29, 1.82) is 0 Å². The molecule has 0 radical (unpaired) electrons. The van der Waals surface area contributed by atoms with Crippen molar-refractivity contribution >= 4 is 36.0 Å². The normalized spacial score (nSPS) is 27.8. The standard InChI is InChI=1S/C21H20F2N3O3P/c22-13-7-8-16-14(11-13)19(27)18(21(28)26(16)10-9-12-5-6-12)20-24-15-3-1-2-4-17(15)30(23,29)25-20/h1-4,7-8,11-12,18-19,27H,5-6,9-10H2,(H,24,25,29). The lowest BCUT2D eigenvalue weighted by Gasteiger charge is -2.38. The zero-order valence-electron chi connectivity index (χ0n) is 16.0. The van der Waals surface area contributed by atoms with Crippen molar-refractivity contribution in [2.45, 2.75) is 25.4 Å². The Kier molecular flexibility index (Phi) is 4.52. The molecule has 1 amide bonds. The highest BCUT2D eigenvalue weighted by molar-refractivity contribution is 7.66. The van der Waals surface area contributed by atoms with E-state index in [2.05, 4.69) is 10.1 Å². The van der Waals surface area contributed by atoms with Crippen molar-refractivity contribution in [2.24, 2.45) is 16.6 Å². The molecule has 2 heterocycles. The number of nitrogens with zero attached hydrogens (tertiary/aromatic N) is 2. The zero-order chi connectivity index (χ0) is 21.0. The number of amidine groups is 1. The maximum absolute atomic E-state index is 14.9. The number of rotatable bonds is 4. The van der Waals surface area contributed by atoms with Crippen molar-refractivity contribution < 1.29 is 23.1 Å². The second-order valence-corrected chi connectivity index (χ2v) is 9.66. The summed E-state index contributed by atoms with van der Waals surface area (Å²) in [5, 5.41) is 13.7. The molecule has 3 aliphatic rings. The minimum atomic E-state index is -4.62. The van der Waals surface area contributed by atoms with Gasteiger partial charge in [0.2, 0.25) is 5.91 Å². The molecule has 2 aromatic rings. The highest BCUT2D eigenvalue weighted by Gasteiger charge is 2.46. The number of benzene rings is 2. The van der Waals surface area contributed by atoms with E-state index in [1.54, 1.807) is 12.1 Å². The van der Waals surface area contributed by atoms with Crippen LogP contribution in [-0.4, -0.2) is 23.4 Å². The van der Waals surface area contributed by atoms with E-state index < -0.39 is 31.3 Å². The van der Waals surface area contributed by atoms with E-state index in [1.807, 2.05) is 0 Å². The quantitative estimate of drug-likeness (QED) is 0.719. The molecule has 1 aliphatic carbocycles. The molecule has 2 aliphatic heterocycles. The Morgan fingerprint density at radius 2 is 2.00 bits per heavy atom. The maximum Gasteiger partial charge on any atom is 0.384 e. The maximum atomic E-state index is 14.9. The van der Waals surface area contributed by atoms with Crippen LogP contribution in [0.3, 0.4) is 0 Å². The molecule has 30 heavy (non-hydrogen) atoms. The first-order valence-corrected chi connectivity index (χ1v) is 11.5. The Balaban J connectivity index is 1.57. The molecule has 6 nitrogen and oxygen atoms in total. The van der Waals surface area contributed by atoms with Gasteiger partial charge in [-0.1, -0.05) is 25.0 Å². The topological polar surface area (TPSA) is 82.0 Å². The number of nitrogens with one attached hydrogen (secondary N) is 1. The highest BCUT2D eigenvalue weighted by Crippen LogP contribution is 2.53. The number of carbonyl (C=O) groups excluding carboxylic acids is 1. The number of hydrogen-bond acceptors (Lipinski definition) is 4. The fourth-order valence-electron chi connectivity index (χ4n) is 4.14. The molecule has 156 valence electrons. The van der Waals surface area contributed by atoms with Gasteiger partial charge in [-0.3, -0.25) is 9.36 Å². The number of hydrogen-bond donors (Lipinski definition) is 2. The number of amides is 1. The summed E-state index contributed by atoms with van der Waals surface area (Å²) in [6.07, 6.45) is 1.56. The molecule has 5 rings (SSSR count). The van der Waals surface area contributed by atoms with Gasteiger partial charge in [-0.2, -0.15) is 8.96 Å². The summed E-state index contributed by atoms with van der Waals surface area (Å²) in [6, 6.07) is 9.98. The van der Waals surface area contributed by atoms with E-state index in [4.69, 9.17) is 0 Å². The average Bonchev–Trinajstić information content (AvgIpc) is 3.52. The highest BCUT2D eigenvalue weighted by atomic mass is 31.2. The lowest BCUT2D eigenvalue weighted by atomic mass is 9.87. The van der Waals surface area contributed by atoms with Crippen LogP contribution < -0.4 is 15.5 Å². The van der Waals surface area contributed by atoms with Crippen LogP contribution in [0.15, 0.2) is 47.2 Å². The lowest BCUT2D eigenvalue weighted by molar-refractivity contribution is -0.124. The summed E-state index contributed by atoms with van der Waals surface area (Å²) in [7, 11) is -4.62. The van der Waals surface area contributed by atoms with Gasteiger partial charge in [0.25, 0.3) is 0 Å². The summed E-state index contributed by atoms with van der Waals surface area (Å²) in [5.74, 6) is -2.00. The molecule has 2 N–H and O–H groups in total. The van der Waals surface area contributed by atoms with Crippen LogP contribution in [-0.2, 0) is 9.36 Å². The van der Waals surface area contributed by atoms with Gasteiger partial charge in [-0.25, -0.2) is 4.39 Å². The Morgan fingerprint density at radius 1 is 1.23 bits per heavy atom. The van der Waals surface area contributed by atoms with Crippen molar-refractivity contribution in [1.82, 2.24) is 0 Å². The molecular formula is C21H20F2N3O3P. The molecule has 1 saturated carbocycles. The number of aliphatic hydroxyl groups excluding tert-OH is 1. The Hall–Kier alpha value is -2.57. The molecule has 0 bridgehead atoms. The van der Waals surface area contributed by atoms with Crippen LogP contribution >= 0.6 is 7.60 Å². The number of halogens is 2. The minimum Gasteiger partial charge on any atom is -0.387 e. The number of anilines is 2. The predicted octanol–water partition coefficient (Wildman–Crippen LogP) is 3.93. The summed E-state index contributed by atoms with van der Waals surface area (Å²) >= 11 is 0. The predicted molar refractivity (Wildman–Crippen MR) is 110 cm³/mol. The molecule has 0 saturated heterocycles. The Morgan fingerprint density at radius 3 is 2.77 bits per heavy atom. The number of para-hydroxylation sites is 1.